The van der Waals surface area contributed by atoms with E-state index in [-0.39, 0.29) is 16.2 Å². The molecule has 0 N–H and O–H groups in total. The molecule has 2 nitrogen and oxygen atoms in total. The van der Waals surface area contributed by atoms with Gasteiger partial charge in [0.05, 0.1) is 5.38 Å². The lowest BCUT2D eigenvalue weighted by Crippen LogP contribution is -2.18. The Hall–Kier alpha value is -0.630. The second-order valence-electron chi connectivity index (χ2n) is 6.32. The van der Waals surface area contributed by atoms with Gasteiger partial charge in [0.2, 0.25) is 0 Å². The third-order valence-corrected chi connectivity index (χ3v) is 3.30. The van der Waals surface area contributed by atoms with Gasteiger partial charge in [-0.2, -0.15) is 0 Å². The second kappa shape index (κ2) is 4.33. The summed E-state index contributed by atoms with van der Waals surface area (Å²) in [5.41, 5.74) is 0.998. The fourth-order valence-electron chi connectivity index (χ4n) is 1.36. The number of hydrogen-bond donors (Lipinski definition) is 0. The largest absolute Gasteiger partial charge is 0.240 e. The molecule has 0 saturated heterocycles. The maximum Gasteiger partial charge on any atom is 0.133 e. The fourth-order valence-corrected chi connectivity index (χ4v) is 1.47. The number of hydrogen-bond acceptors (Lipinski definition) is 2. The first-order valence-corrected chi connectivity index (χ1v) is 6.02. The minimum atomic E-state index is -0.0541. The third-order valence-electron chi connectivity index (χ3n) is 2.40. The van der Waals surface area contributed by atoms with E-state index in [0.717, 1.165) is 11.4 Å². The molecule has 0 amide bonds. The van der Waals surface area contributed by atoms with Gasteiger partial charge in [-0.25, -0.2) is 9.97 Å². The van der Waals surface area contributed by atoms with Crippen molar-refractivity contribution in [3.05, 3.63) is 23.8 Å². The van der Waals surface area contributed by atoms with E-state index in [4.69, 9.17) is 11.6 Å². The number of aromatic nitrogens is 2. The van der Waals surface area contributed by atoms with Crippen molar-refractivity contribution < 1.29 is 0 Å². The van der Waals surface area contributed by atoms with E-state index in [0.29, 0.717) is 0 Å². The van der Waals surface area contributed by atoms with Gasteiger partial charge in [-0.1, -0.05) is 41.5 Å². The van der Waals surface area contributed by atoms with Crippen molar-refractivity contribution in [3.8, 4) is 0 Å². The normalized spacial score (nSPS) is 14.9. The molecule has 0 fully saturated rings. The summed E-state index contributed by atoms with van der Waals surface area (Å²) in [4.78, 5) is 8.78. The lowest BCUT2D eigenvalue weighted by atomic mass is 9.88. The van der Waals surface area contributed by atoms with Gasteiger partial charge >= 0.3 is 0 Å². The predicted octanol–water partition coefficient (Wildman–Crippen LogP) is 4.10. The minimum Gasteiger partial charge on any atom is -0.240 e. The summed E-state index contributed by atoms with van der Waals surface area (Å²) in [6, 6.07) is 0. The van der Waals surface area contributed by atoms with Crippen LogP contribution in [-0.2, 0) is 5.41 Å². The molecule has 16 heavy (non-hydrogen) atoms. The van der Waals surface area contributed by atoms with Crippen LogP contribution in [0.4, 0.5) is 0 Å². The van der Waals surface area contributed by atoms with Crippen molar-refractivity contribution >= 4 is 11.6 Å². The molecule has 0 radical (unpaired) electrons. The Morgan fingerprint density at radius 2 is 1.44 bits per heavy atom. The molecule has 3 heteroatoms. The highest BCUT2D eigenvalue weighted by Crippen LogP contribution is 2.37. The molecular formula is C13H21ClN2. The average molecular weight is 241 g/mol. The topological polar surface area (TPSA) is 25.8 Å². The Labute approximate surface area is 103 Å². The van der Waals surface area contributed by atoms with Gasteiger partial charge in [0.1, 0.15) is 5.82 Å². The quantitative estimate of drug-likeness (QED) is 0.691. The maximum atomic E-state index is 6.37. The van der Waals surface area contributed by atoms with Gasteiger partial charge in [-0.15, -0.1) is 11.6 Å². The zero-order valence-electron chi connectivity index (χ0n) is 11.0. The Bertz CT molecular complexity index is 344. The standard InChI is InChI=1S/C13H21ClN2/c1-12(2,3)10(14)9-7-15-11(16-8-9)13(4,5)6/h7-8,10H,1-6H3. The molecule has 1 rings (SSSR count). The van der Waals surface area contributed by atoms with Crippen LogP contribution in [0.2, 0.25) is 0 Å². The van der Waals surface area contributed by atoms with Crippen LogP contribution in [0.15, 0.2) is 12.4 Å². The van der Waals surface area contributed by atoms with Crippen LogP contribution < -0.4 is 0 Å². The van der Waals surface area contributed by atoms with Gasteiger partial charge < -0.3 is 0 Å². The average Bonchev–Trinajstić information content (AvgIpc) is 2.14. The van der Waals surface area contributed by atoms with E-state index in [9.17, 15) is 0 Å². The molecule has 0 bridgehead atoms. The summed E-state index contributed by atoms with van der Waals surface area (Å²) in [6.45, 7) is 12.6. The lowest BCUT2D eigenvalue weighted by molar-refractivity contribution is 0.394. The van der Waals surface area contributed by atoms with Crippen LogP contribution >= 0.6 is 11.6 Å². The van der Waals surface area contributed by atoms with Crippen LogP contribution in [-0.4, -0.2) is 9.97 Å². The Kier molecular flexibility index (Phi) is 3.63. The highest BCUT2D eigenvalue weighted by atomic mass is 35.5. The van der Waals surface area contributed by atoms with Gasteiger partial charge in [-0.3, -0.25) is 0 Å². The zero-order chi connectivity index (χ0) is 12.6. The molecule has 1 atom stereocenters. The van der Waals surface area contributed by atoms with Crippen LogP contribution in [0, 0.1) is 5.41 Å². The number of rotatable bonds is 1. The van der Waals surface area contributed by atoms with Crippen LogP contribution in [0.5, 0.6) is 0 Å². The summed E-state index contributed by atoms with van der Waals surface area (Å²) >= 11 is 6.37. The maximum absolute atomic E-state index is 6.37. The summed E-state index contributed by atoms with van der Waals surface area (Å²) < 4.78 is 0. The van der Waals surface area contributed by atoms with Gasteiger partial charge in [-0.05, 0) is 5.41 Å². The minimum absolute atomic E-state index is 0.0118. The number of alkyl halides is 1. The Morgan fingerprint density at radius 1 is 1.00 bits per heavy atom. The van der Waals surface area contributed by atoms with Crippen LogP contribution in [0.25, 0.3) is 0 Å². The van der Waals surface area contributed by atoms with Crippen LogP contribution in [0.1, 0.15) is 58.3 Å². The summed E-state index contributed by atoms with van der Waals surface area (Å²) in [5, 5.41) is -0.0541. The van der Waals surface area contributed by atoms with Crippen molar-refractivity contribution in [3.63, 3.8) is 0 Å². The van der Waals surface area contributed by atoms with Crippen molar-refractivity contribution in [2.75, 3.05) is 0 Å². The monoisotopic (exact) mass is 240 g/mol. The van der Waals surface area contributed by atoms with Crippen LogP contribution in [0.3, 0.4) is 0 Å². The zero-order valence-corrected chi connectivity index (χ0v) is 11.8. The van der Waals surface area contributed by atoms with E-state index in [1.54, 1.807) is 0 Å². The number of nitrogens with zero attached hydrogens (tertiary/aromatic N) is 2. The first-order valence-electron chi connectivity index (χ1n) is 5.59. The van der Waals surface area contributed by atoms with Gasteiger partial charge in [0.15, 0.2) is 0 Å². The van der Waals surface area contributed by atoms with Crippen molar-refractivity contribution in [2.24, 2.45) is 5.41 Å². The molecule has 0 aliphatic rings. The number of halogens is 1. The molecule has 1 unspecified atom stereocenters. The van der Waals surface area contributed by atoms with Gasteiger partial charge in [0.25, 0.3) is 0 Å². The lowest BCUT2D eigenvalue weighted by Gasteiger charge is -2.25. The van der Waals surface area contributed by atoms with Crippen molar-refractivity contribution in [2.45, 2.75) is 52.3 Å². The molecule has 0 aromatic carbocycles. The molecule has 0 aliphatic heterocycles. The highest BCUT2D eigenvalue weighted by Gasteiger charge is 2.25. The molecule has 0 aliphatic carbocycles. The van der Waals surface area contributed by atoms with Gasteiger partial charge in [0, 0.05) is 23.4 Å². The Morgan fingerprint density at radius 3 is 1.75 bits per heavy atom. The summed E-state index contributed by atoms with van der Waals surface area (Å²) in [7, 11) is 0. The molecule has 90 valence electrons. The molecule has 1 aromatic heterocycles. The second-order valence-corrected chi connectivity index (χ2v) is 6.76. The van der Waals surface area contributed by atoms with E-state index >= 15 is 0 Å². The third kappa shape index (κ3) is 3.18. The Balaban J connectivity index is 2.96. The van der Waals surface area contributed by atoms with Crippen molar-refractivity contribution in [1.29, 1.82) is 0 Å². The molecule has 1 heterocycles. The van der Waals surface area contributed by atoms with E-state index < -0.39 is 0 Å². The fraction of sp³-hybridized carbons (Fsp3) is 0.692. The molecule has 0 saturated carbocycles. The molecule has 1 aromatic rings. The van der Waals surface area contributed by atoms with E-state index in [2.05, 4.69) is 51.5 Å². The van der Waals surface area contributed by atoms with Crippen molar-refractivity contribution in [1.82, 2.24) is 9.97 Å². The smallest absolute Gasteiger partial charge is 0.133 e. The predicted molar refractivity (Wildman–Crippen MR) is 68.8 cm³/mol. The first-order chi connectivity index (χ1) is 7.12. The SMILES string of the molecule is CC(C)(C)c1ncc(C(Cl)C(C)(C)C)cn1. The first kappa shape index (κ1) is 13.4. The highest BCUT2D eigenvalue weighted by molar-refractivity contribution is 6.21. The molecule has 0 spiro atoms. The molecular weight excluding hydrogens is 220 g/mol. The van der Waals surface area contributed by atoms with E-state index in [1.807, 2.05) is 12.4 Å². The summed E-state index contributed by atoms with van der Waals surface area (Å²) in [5.74, 6) is 0.856. The van der Waals surface area contributed by atoms with E-state index in [1.165, 1.54) is 0 Å². The summed E-state index contributed by atoms with van der Waals surface area (Å²) in [6.07, 6.45) is 3.69.